The van der Waals surface area contributed by atoms with Crippen molar-refractivity contribution in [1.82, 2.24) is 0 Å². The van der Waals surface area contributed by atoms with Crippen LogP contribution in [0.25, 0.3) is 0 Å². The maximum absolute atomic E-state index is 9.36. The van der Waals surface area contributed by atoms with Gasteiger partial charge in [0.25, 0.3) is 0 Å². The molecule has 1 heterocycles. The summed E-state index contributed by atoms with van der Waals surface area (Å²) < 4.78 is 10.6. The summed E-state index contributed by atoms with van der Waals surface area (Å²) in [6, 6.07) is 1.52. The molecule has 0 atom stereocenters. The van der Waals surface area contributed by atoms with E-state index >= 15 is 0 Å². The van der Waals surface area contributed by atoms with Gasteiger partial charge in [-0.05, 0) is 15.9 Å². The lowest BCUT2D eigenvalue weighted by Crippen LogP contribution is -1.93. The number of phenols is 1. The number of fused-ring (bicyclic) bond motifs is 1. The predicted molar refractivity (Wildman–Crippen MR) is 46.9 cm³/mol. The van der Waals surface area contributed by atoms with Crippen LogP contribution in [0.2, 0.25) is 5.02 Å². The van der Waals surface area contributed by atoms with Crippen molar-refractivity contribution in [2.75, 3.05) is 6.79 Å². The van der Waals surface area contributed by atoms with Crippen molar-refractivity contribution >= 4 is 27.5 Å². The molecule has 0 saturated heterocycles. The molecule has 12 heavy (non-hydrogen) atoms. The minimum Gasteiger partial charge on any atom is -0.505 e. The Hall–Kier alpha value is -0.610. The zero-order valence-electron chi connectivity index (χ0n) is 5.80. The van der Waals surface area contributed by atoms with Gasteiger partial charge in [-0.15, -0.1) is 0 Å². The first-order valence-corrected chi connectivity index (χ1v) is 4.34. The summed E-state index contributed by atoms with van der Waals surface area (Å²) in [6.45, 7) is 0.160. The molecule has 1 N–H and O–H groups in total. The van der Waals surface area contributed by atoms with Gasteiger partial charge in [-0.1, -0.05) is 11.6 Å². The minimum atomic E-state index is -0.0269. The van der Waals surface area contributed by atoms with Crippen LogP contribution in [0.1, 0.15) is 0 Å². The lowest BCUT2D eigenvalue weighted by molar-refractivity contribution is 0.173. The van der Waals surface area contributed by atoms with E-state index in [1.807, 2.05) is 0 Å². The molecular weight excluding hydrogens is 247 g/mol. The highest BCUT2D eigenvalue weighted by molar-refractivity contribution is 9.10. The number of halogens is 2. The summed E-state index contributed by atoms with van der Waals surface area (Å²) in [5.74, 6) is 1.02. The van der Waals surface area contributed by atoms with Gasteiger partial charge in [0.2, 0.25) is 6.79 Å². The van der Waals surface area contributed by atoms with Gasteiger partial charge in [0.1, 0.15) is 4.47 Å². The molecule has 1 aliphatic heterocycles. The van der Waals surface area contributed by atoms with E-state index in [4.69, 9.17) is 21.1 Å². The third-order valence-corrected chi connectivity index (χ3v) is 2.56. The predicted octanol–water partition coefficient (Wildman–Crippen LogP) is 2.54. The molecule has 0 bridgehead atoms. The maximum atomic E-state index is 9.36. The highest BCUT2D eigenvalue weighted by Gasteiger charge is 2.21. The van der Waals surface area contributed by atoms with Crippen molar-refractivity contribution in [3.05, 3.63) is 15.6 Å². The van der Waals surface area contributed by atoms with Crippen LogP contribution in [0.3, 0.4) is 0 Å². The third kappa shape index (κ3) is 1.03. The molecule has 0 fully saturated rings. The van der Waals surface area contributed by atoms with Crippen molar-refractivity contribution in [2.45, 2.75) is 0 Å². The number of aromatic hydroxyl groups is 1. The second-order valence-corrected chi connectivity index (χ2v) is 3.45. The molecular formula is C7H4BrClO3. The molecule has 1 aromatic carbocycles. The largest absolute Gasteiger partial charge is 0.505 e. The zero-order valence-corrected chi connectivity index (χ0v) is 8.15. The number of hydrogen-bond acceptors (Lipinski definition) is 3. The molecule has 64 valence electrons. The summed E-state index contributed by atoms with van der Waals surface area (Å²) >= 11 is 8.82. The van der Waals surface area contributed by atoms with Crippen molar-refractivity contribution in [2.24, 2.45) is 0 Å². The zero-order chi connectivity index (χ0) is 8.72. The topological polar surface area (TPSA) is 38.7 Å². The van der Waals surface area contributed by atoms with Gasteiger partial charge in [0.15, 0.2) is 17.2 Å². The van der Waals surface area contributed by atoms with E-state index in [1.165, 1.54) is 6.07 Å². The van der Waals surface area contributed by atoms with Crippen LogP contribution in [-0.2, 0) is 0 Å². The summed E-state index contributed by atoms with van der Waals surface area (Å²) in [6.07, 6.45) is 0. The maximum Gasteiger partial charge on any atom is 0.231 e. The van der Waals surface area contributed by atoms with Crippen molar-refractivity contribution in [3.63, 3.8) is 0 Å². The molecule has 0 spiro atoms. The van der Waals surface area contributed by atoms with Crippen molar-refractivity contribution in [3.8, 4) is 17.2 Å². The fourth-order valence-corrected chi connectivity index (χ4v) is 1.79. The molecule has 5 heteroatoms. The molecule has 0 radical (unpaired) electrons. The van der Waals surface area contributed by atoms with E-state index in [-0.39, 0.29) is 17.6 Å². The van der Waals surface area contributed by atoms with Gasteiger partial charge >= 0.3 is 0 Å². The Balaban J connectivity index is 2.67. The Morgan fingerprint density at radius 3 is 3.00 bits per heavy atom. The van der Waals surface area contributed by atoms with Crippen LogP contribution in [-0.4, -0.2) is 11.9 Å². The monoisotopic (exact) mass is 250 g/mol. The third-order valence-electron chi connectivity index (χ3n) is 1.53. The molecule has 0 aromatic heterocycles. The average molecular weight is 251 g/mol. The quantitative estimate of drug-likeness (QED) is 0.770. The summed E-state index contributed by atoms with van der Waals surface area (Å²) in [5, 5.41) is 9.60. The van der Waals surface area contributed by atoms with Gasteiger partial charge in [-0.3, -0.25) is 0 Å². The highest BCUT2D eigenvalue weighted by Crippen LogP contribution is 2.47. The molecule has 1 aromatic rings. The van der Waals surface area contributed by atoms with Crippen LogP contribution in [0, 0.1) is 0 Å². The number of ether oxygens (including phenoxy) is 2. The van der Waals surface area contributed by atoms with Gasteiger partial charge in [0, 0.05) is 6.07 Å². The van der Waals surface area contributed by atoms with E-state index in [1.54, 1.807) is 0 Å². The Kier molecular flexibility index (Phi) is 1.81. The molecule has 3 nitrogen and oxygen atoms in total. The van der Waals surface area contributed by atoms with E-state index in [9.17, 15) is 5.11 Å². The van der Waals surface area contributed by atoms with Crippen LogP contribution in [0.4, 0.5) is 0 Å². The first-order chi connectivity index (χ1) is 5.70. The Bertz CT molecular complexity index is 340. The average Bonchev–Trinajstić information content (AvgIpc) is 2.48. The minimum absolute atomic E-state index is 0.0269. The Labute approximate surface area is 82.0 Å². The summed E-state index contributed by atoms with van der Waals surface area (Å²) in [7, 11) is 0. The molecule has 0 aliphatic carbocycles. The van der Waals surface area contributed by atoms with Crippen LogP contribution >= 0.6 is 27.5 Å². The highest BCUT2D eigenvalue weighted by atomic mass is 79.9. The van der Waals surface area contributed by atoms with E-state index in [0.717, 1.165) is 0 Å². The first kappa shape index (κ1) is 8.01. The number of phenolic OH excluding ortho intramolecular Hbond substituents is 1. The molecule has 0 unspecified atom stereocenters. The smallest absolute Gasteiger partial charge is 0.231 e. The standard InChI is InChI=1S/C7H4BrClO3/c8-5-6(10)3(9)1-4-7(5)12-2-11-4/h1,10H,2H2. The Morgan fingerprint density at radius 1 is 1.50 bits per heavy atom. The second kappa shape index (κ2) is 2.71. The number of benzene rings is 1. The van der Waals surface area contributed by atoms with Gasteiger partial charge in [-0.2, -0.15) is 0 Å². The van der Waals surface area contributed by atoms with E-state index in [2.05, 4.69) is 15.9 Å². The number of rotatable bonds is 0. The van der Waals surface area contributed by atoms with Crippen molar-refractivity contribution < 1.29 is 14.6 Å². The normalized spacial score (nSPS) is 13.5. The molecule has 0 amide bonds. The number of hydrogen-bond donors (Lipinski definition) is 1. The van der Waals surface area contributed by atoms with Crippen LogP contribution < -0.4 is 9.47 Å². The molecule has 1 aliphatic rings. The lowest BCUT2D eigenvalue weighted by atomic mass is 10.3. The van der Waals surface area contributed by atoms with Crippen LogP contribution in [0.15, 0.2) is 10.5 Å². The second-order valence-electron chi connectivity index (χ2n) is 2.25. The van der Waals surface area contributed by atoms with Crippen LogP contribution in [0.5, 0.6) is 17.2 Å². The first-order valence-electron chi connectivity index (χ1n) is 3.16. The van der Waals surface area contributed by atoms with Gasteiger partial charge < -0.3 is 14.6 Å². The molecule has 2 rings (SSSR count). The summed E-state index contributed by atoms with van der Waals surface area (Å²) in [5.41, 5.74) is 0. The van der Waals surface area contributed by atoms with Crippen molar-refractivity contribution in [1.29, 1.82) is 0 Å². The SMILES string of the molecule is Oc1c(Cl)cc2c(c1Br)OCO2. The fraction of sp³-hybridized carbons (Fsp3) is 0.143. The van der Waals surface area contributed by atoms with E-state index < -0.39 is 0 Å². The van der Waals surface area contributed by atoms with E-state index in [0.29, 0.717) is 16.0 Å². The summed E-state index contributed by atoms with van der Waals surface area (Å²) in [4.78, 5) is 0. The molecule has 0 saturated carbocycles. The Morgan fingerprint density at radius 2 is 2.25 bits per heavy atom. The van der Waals surface area contributed by atoms with Gasteiger partial charge in [0.05, 0.1) is 5.02 Å². The fourth-order valence-electron chi connectivity index (χ4n) is 0.963. The lowest BCUT2D eigenvalue weighted by Gasteiger charge is -2.02. The van der Waals surface area contributed by atoms with Gasteiger partial charge in [-0.25, -0.2) is 0 Å².